The summed E-state index contributed by atoms with van der Waals surface area (Å²) in [6, 6.07) is 6.49. The lowest BCUT2D eigenvalue weighted by Gasteiger charge is -2.30. The van der Waals surface area contributed by atoms with Crippen molar-refractivity contribution < 1.29 is 4.74 Å². The van der Waals surface area contributed by atoms with Crippen LogP contribution in [0.4, 0.5) is 5.69 Å². The second-order valence-corrected chi connectivity index (χ2v) is 4.75. The number of piperazine rings is 1. The summed E-state index contributed by atoms with van der Waals surface area (Å²) in [5.74, 6) is 0.968. The summed E-state index contributed by atoms with van der Waals surface area (Å²) in [6.45, 7) is 4.14. The number of hydrogen-bond donors (Lipinski definition) is 1. The zero-order valence-corrected chi connectivity index (χ0v) is 10.9. The van der Waals surface area contributed by atoms with Crippen LogP contribution in [0.5, 0.6) is 5.75 Å². The van der Waals surface area contributed by atoms with E-state index in [-0.39, 0.29) is 0 Å². The van der Waals surface area contributed by atoms with Gasteiger partial charge in [-0.15, -0.1) is 0 Å². The van der Waals surface area contributed by atoms with Gasteiger partial charge in [-0.25, -0.2) is 0 Å². The fraction of sp³-hybridized carbons (Fsp3) is 0.429. The van der Waals surface area contributed by atoms with Crippen molar-refractivity contribution in [3.63, 3.8) is 0 Å². The number of hydrogen-bond acceptors (Lipinski definition) is 3. The van der Waals surface area contributed by atoms with E-state index in [2.05, 4.69) is 46.2 Å². The van der Waals surface area contributed by atoms with Crippen molar-refractivity contribution in [2.45, 2.75) is 0 Å². The molecule has 0 bridgehead atoms. The number of aryl methyl sites for hydroxylation is 1. The van der Waals surface area contributed by atoms with Crippen LogP contribution in [0.2, 0.25) is 0 Å². The fourth-order valence-electron chi connectivity index (χ4n) is 2.60. The van der Waals surface area contributed by atoms with Gasteiger partial charge in [0.15, 0.2) is 0 Å². The molecule has 3 rings (SSSR count). The molecule has 2 heterocycles. The molecule has 1 aliphatic rings. The Morgan fingerprint density at radius 3 is 2.72 bits per heavy atom. The summed E-state index contributed by atoms with van der Waals surface area (Å²) in [6.07, 6.45) is 2.09. The molecule has 0 spiro atoms. The van der Waals surface area contributed by atoms with E-state index < -0.39 is 0 Å². The molecular weight excluding hydrogens is 226 g/mol. The van der Waals surface area contributed by atoms with Crippen molar-refractivity contribution in [2.24, 2.45) is 7.05 Å². The van der Waals surface area contributed by atoms with Crippen molar-refractivity contribution in [3.8, 4) is 5.75 Å². The number of benzene rings is 1. The number of anilines is 1. The first-order chi connectivity index (χ1) is 8.79. The highest BCUT2D eigenvalue weighted by Gasteiger charge is 2.16. The predicted molar refractivity (Wildman–Crippen MR) is 74.6 cm³/mol. The number of nitrogens with one attached hydrogen (secondary N) is 1. The number of rotatable bonds is 2. The average Bonchev–Trinajstić information content (AvgIpc) is 2.79. The van der Waals surface area contributed by atoms with Gasteiger partial charge < -0.3 is 19.5 Å². The largest absolute Gasteiger partial charge is 0.495 e. The van der Waals surface area contributed by atoms with Gasteiger partial charge in [-0.2, -0.15) is 0 Å². The normalized spacial score (nSPS) is 16.2. The van der Waals surface area contributed by atoms with Crippen LogP contribution in [0.15, 0.2) is 24.4 Å². The van der Waals surface area contributed by atoms with Crippen LogP contribution >= 0.6 is 0 Å². The Morgan fingerprint density at radius 2 is 2.00 bits per heavy atom. The van der Waals surface area contributed by atoms with Gasteiger partial charge in [0, 0.05) is 44.8 Å². The van der Waals surface area contributed by atoms with E-state index in [4.69, 9.17) is 4.74 Å². The van der Waals surface area contributed by atoms with Crippen molar-refractivity contribution >= 4 is 16.6 Å². The Kier molecular flexibility index (Phi) is 2.88. The molecule has 96 valence electrons. The first-order valence-corrected chi connectivity index (χ1v) is 6.38. The summed E-state index contributed by atoms with van der Waals surface area (Å²) in [7, 11) is 3.83. The smallest absolute Gasteiger partial charge is 0.142 e. The zero-order chi connectivity index (χ0) is 12.5. The maximum atomic E-state index is 5.54. The maximum Gasteiger partial charge on any atom is 0.142 e. The molecule has 0 unspecified atom stereocenters. The summed E-state index contributed by atoms with van der Waals surface area (Å²) in [5, 5.41) is 4.61. The van der Waals surface area contributed by atoms with Gasteiger partial charge in [-0.1, -0.05) is 0 Å². The van der Waals surface area contributed by atoms with Gasteiger partial charge in [0.2, 0.25) is 0 Å². The number of aromatic nitrogens is 1. The number of nitrogens with zero attached hydrogens (tertiary/aromatic N) is 2. The minimum absolute atomic E-state index is 0.968. The molecule has 0 amide bonds. The molecule has 1 aromatic heterocycles. The van der Waals surface area contributed by atoms with Crippen molar-refractivity contribution in [3.05, 3.63) is 24.4 Å². The van der Waals surface area contributed by atoms with Crippen LogP contribution in [-0.4, -0.2) is 37.9 Å². The molecular formula is C14H19N3O. The second-order valence-electron chi connectivity index (χ2n) is 4.75. The summed E-state index contributed by atoms with van der Waals surface area (Å²) >= 11 is 0. The molecule has 18 heavy (non-hydrogen) atoms. The van der Waals surface area contributed by atoms with Gasteiger partial charge in [-0.3, -0.25) is 0 Å². The van der Waals surface area contributed by atoms with Crippen LogP contribution < -0.4 is 15.0 Å². The van der Waals surface area contributed by atoms with E-state index in [1.54, 1.807) is 7.11 Å². The fourth-order valence-corrected chi connectivity index (χ4v) is 2.60. The van der Waals surface area contributed by atoms with Gasteiger partial charge in [0.1, 0.15) is 5.75 Å². The van der Waals surface area contributed by atoms with Crippen molar-refractivity contribution in [1.82, 2.24) is 9.88 Å². The summed E-state index contributed by atoms with van der Waals surface area (Å²) < 4.78 is 7.70. The molecule has 0 radical (unpaired) electrons. The molecule has 0 aliphatic carbocycles. The van der Waals surface area contributed by atoms with Gasteiger partial charge >= 0.3 is 0 Å². The number of fused-ring (bicyclic) bond motifs is 1. The predicted octanol–water partition coefficient (Wildman–Crippen LogP) is 1.60. The van der Waals surface area contributed by atoms with Gasteiger partial charge in [0.05, 0.1) is 18.3 Å². The third kappa shape index (κ3) is 1.82. The quantitative estimate of drug-likeness (QED) is 0.871. The average molecular weight is 245 g/mol. The number of methoxy groups -OCH3 is 1. The Balaban J connectivity index is 2.09. The molecule has 4 nitrogen and oxygen atoms in total. The zero-order valence-electron chi connectivity index (χ0n) is 10.9. The van der Waals surface area contributed by atoms with Gasteiger partial charge in [0.25, 0.3) is 0 Å². The van der Waals surface area contributed by atoms with Crippen LogP contribution in [0.1, 0.15) is 0 Å². The van der Waals surface area contributed by atoms with Crippen molar-refractivity contribution in [1.29, 1.82) is 0 Å². The third-order valence-corrected chi connectivity index (χ3v) is 3.64. The molecule has 0 saturated carbocycles. The Hall–Kier alpha value is -1.68. The van der Waals surface area contributed by atoms with Gasteiger partial charge in [-0.05, 0) is 18.2 Å². The lowest BCUT2D eigenvalue weighted by Crippen LogP contribution is -2.43. The molecule has 4 heteroatoms. The second kappa shape index (κ2) is 4.53. The van der Waals surface area contributed by atoms with E-state index in [9.17, 15) is 0 Å². The van der Waals surface area contributed by atoms with E-state index in [1.807, 2.05) is 0 Å². The van der Waals surface area contributed by atoms with E-state index in [0.29, 0.717) is 0 Å². The monoisotopic (exact) mass is 245 g/mol. The van der Waals surface area contributed by atoms with Crippen LogP contribution in [0, 0.1) is 0 Å². The first kappa shape index (κ1) is 11.4. The lowest BCUT2D eigenvalue weighted by molar-refractivity contribution is 0.413. The molecule has 2 aromatic rings. The number of ether oxygens (including phenoxy) is 1. The van der Waals surface area contributed by atoms with E-state index in [1.165, 1.54) is 16.6 Å². The standard InChI is InChI=1S/C14H19N3O/c1-16-6-3-11-9-14(18-2)13(10-12(11)16)17-7-4-15-5-8-17/h3,6,9-10,15H,4-5,7-8H2,1-2H3. The molecule has 1 N–H and O–H groups in total. The summed E-state index contributed by atoms with van der Waals surface area (Å²) in [5.41, 5.74) is 2.46. The third-order valence-electron chi connectivity index (χ3n) is 3.64. The van der Waals surface area contributed by atoms with Crippen molar-refractivity contribution in [2.75, 3.05) is 38.2 Å². The van der Waals surface area contributed by atoms with E-state index in [0.717, 1.165) is 31.9 Å². The highest BCUT2D eigenvalue weighted by atomic mass is 16.5. The minimum atomic E-state index is 0.968. The Labute approximate surface area is 107 Å². The maximum absolute atomic E-state index is 5.54. The SMILES string of the molecule is COc1cc2ccn(C)c2cc1N1CCNCC1. The molecule has 1 saturated heterocycles. The highest BCUT2D eigenvalue weighted by molar-refractivity contribution is 5.87. The topological polar surface area (TPSA) is 29.4 Å². The molecule has 1 fully saturated rings. The van der Waals surface area contributed by atoms with Crippen LogP contribution in [0.3, 0.4) is 0 Å². The molecule has 1 aliphatic heterocycles. The summed E-state index contributed by atoms with van der Waals surface area (Å²) in [4.78, 5) is 2.39. The van der Waals surface area contributed by atoms with E-state index >= 15 is 0 Å². The molecule has 0 atom stereocenters. The lowest BCUT2D eigenvalue weighted by atomic mass is 10.2. The Morgan fingerprint density at radius 1 is 1.22 bits per heavy atom. The molecule has 1 aromatic carbocycles. The first-order valence-electron chi connectivity index (χ1n) is 6.38. The highest BCUT2D eigenvalue weighted by Crippen LogP contribution is 2.33. The Bertz CT molecular complexity index is 555. The van der Waals surface area contributed by atoms with Crippen LogP contribution in [0.25, 0.3) is 10.9 Å². The van der Waals surface area contributed by atoms with Crippen LogP contribution in [-0.2, 0) is 7.05 Å². The minimum Gasteiger partial charge on any atom is -0.495 e.